The van der Waals surface area contributed by atoms with Crippen LogP contribution in [0.25, 0.3) is 0 Å². The molecule has 3 amide bonds. The number of hydrogen-bond acceptors (Lipinski definition) is 11. The number of benzene rings is 1. The van der Waals surface area contributed by atoms with E-state index in [-0.39, 0.29) is 49.2 Å². The van der Waals surface area contributed by atoms with E-state index < -0.39 is 60.1 Å². The number of aliphatic hydroxyl groups excluding tert-OH is 4. The highest BCUT2D eigenvalue weighted by atomic mass is 16.7. The Kier molecular flexibility index (Phi) is 16.4. The lowest BCUT2D eigenvalue weighted by Gasteiger charge is -2.42. The number of esters is 1. The molecule has 1 heterocycles. The Labute approximate surface area is 282 Å². The Bertz CT molecular complexity index is 1290. The Morgan fingerprint density at radius 3 is 2.21 bits per heavy atom. The minimum absolute atomic E-state index is 0.00722. The minimum Gasteiger partial charge on any atom is -0.461 e. The average Bonchev–Trinajstić information content (AvgIpc) is 3.01. The van der Waals surface area contributed by atoms with Gasteiger partial charge in [0.25, 0.3) is 0 Å². The van der Waals surface area contributed by atoms with Crippen LogP contribution < -0.4 is 15.4 Å². The van der Waals surface area contributed by atoms with Crippen molar-refractivity contribution in [2.45, 2.75) is 111 Å². The zero-order chi connectivity index (χ0) is 37.0. The van der Waals surface area contributed by atoms with Gasteiger partial charge in [0.2, 0.25) is 24.0 Å². The van der Waals surface area contributed by atoms with Gasteiger partial charge in [0.1, 0.15) is 36.8 Å². The van der Waals surface area contributed by atoms with Crippen LogP contribution in [0.1, 0.15) is 73.8 Å². The predicted octanol–water partition coefficient (Wildman–Crippen LogP) is 2.14. The first-order chi connectivity index (χ1) is 22.3. The van der Waals surface area contributed by atoms with Gasteiger partial charge < -0.3 is 50.2 Å². The number of ether oxygens (including phenoxy) is 3. The number of carbonyl (C=O) groups excluding carboxylic acids is 4. The second kappa shape index (κ2) is 18.7. The molecule has 0 aromatic heterocycles. The molecule has 48 heavy (non-hydrogen) atoms. The van der Waals surface area contributed by atoms with Crippen LogP contribution >= 0.6 is 0 Å². The summed E-state index contributed by atoms with van der Waals surface area (Å²) in [6.45, 7) is 20.5. The van der Waals surface area contributed by atoms with Crippen molar-refractivity contribution in [1.82, 2.24) is 10.2 Å². The monoisotopic (exact) mass is 679 g/mol. The van der Waals surface area contributed by atoms with E-state index >= 15 is 0 Å². The van der Waals surface area contributed by atoms with Crippen molar-refractivity contribution in [3.05, 3.63) is 48.7 Å². The maximum Gasteiger partial charge on any atom is 0.302 e. The maximum absolute atomic E-state index is 13.1. The first-order valence-electron chi connectivity index (χ1n) is 15.8. The van der Waals surface area contributed by atoms with Gasteiger partial charge in [0.15, 0.2) is 0 Å². The summed E-state index contributed by atoms with van der Waals surface area (Å²) in [6.07, 6.45) is -6.08. The average molecular weight is 680 g/mol. The fourth-order valence-electron chi connectivity index (χ4n) is 5.43. The van der Waals surface area contributed by atoms with E-state index in [9.17, 15) is 39.6 Å². The topological polar surface area (TPSA) is 204 Å². The SMILES string of the molecule is C=CC(=C)N(C(C)=O)C(C)(C)CC(C)(C)C(=O)NCCC(=O)Nc1cc(COC(C)=O)ccc1OC1O[C@H](CO)[C@@H](O)[C@H](O)[C@H]1O.CC. The summed E-state index contributed by atoms with van der Waals surface area (Å²) in [5, 5.41) is 45.5. The second-order valence-electron chi connectivity index (χ2n) is 12.4. The number of amides is 3. The third-order valence-corrected chi connectivity index (χ3v) is 7.42. The summed E-state index contributed by atoms with van der Waals surface area (Å²) in [7, 11) is 0. The molecule has 1 fully saturated rings. The molecule has 6 N–H and O–H groups in total. The van der Waals surface area contributed by atoms with E-state index in [0.717, 1.165) is 0 Å². The highest BCUT2D eigenvalue weighted by Crippen LogP contribution is 2.35. The fraction of sp³-hybridized carbons (Fsp3) is 0.588. The number of nitrogens with zero attached hydrogens (tertiary/aromatic N) is 1. The van der Waals surface area contributed by atoms with E-state index in [4.69, 9.17) is 14.2 Å². The lowest BCUT2D eigenvalue weighted by Crippen LogP contribution is -2.60. The molecule has 0 saturated carbocycles. The van der Waals surface area contributed by atoms with Crippen LogP contribution in [0.15, 0.2) is 43.1 Å². The Morgan fingerprint density at radius 1 is 1.04 bits per heavy atom. The number of nitrogens with one attached hydrogen (secondary N) is 2. The molecular weight excluding hydrogens is 626 g/mol. The molecule has 1 saturated heterocycles. The number of hydrogen-bond donors (Lipinski definition) is 6. The summed E-state index contributed by atoms with van der Waals surface area (Å²) in [4.78, 5) is 51.2. The molecule has 14 heteroatoms. The Hall–Kier alpha value is -3.82. The third-order valence-electron chi connectivity index (χ3n) is 7.42. The minimum atomic E-state index is -1.69. The van der Waals surface area contributed by atoms with Crippen LogP contribution in [0.4, 0.5) is 5.69 Å². The molecule has 0 aliphatic carbocycles. The van der Waals surface area contributed by atoms with E-state index in [2.05, 4.69) is 23.8 Å². The van der Waals surface area contributed by atoms with Gasteiger partial charge in [-0.3, -0.25) is 19.2 Å². The van der Waals surface area contributed by atoms with Crippen molar-refractivity contribution >= 4 is 29.4 Å². The van der Waals surface area contributed by atoms with Gasteiger partial charge in [-0.25, -0.2) is 0 Å². The number of carbonyl (C=O) groups is 4. The number of anilines is 1. The predicted molar refractivity (Wildman–Crippen MR) is 178 cm³/mol. The molecule has 2 rings (SSSR count). The lowest BCUT2D eigenvalue weighted by atomic mass is 9.78. The molecule has 1 aliphatic rings. The first-order valence-corrected chi connectivity index (χ1v) is 15.8. The van der Waals surface area contributed by atoms with Gasteiger partial charge in [0.05, 0.1) is 12.3 Å². The van der Waals surface area contributed by atoms with Crippen molar-refractivity contribution in [3.8, 4) is 5.75 Å². The third kappa shape index (κ3) is 11.7. The highest BCUT2D eigenvalue weighted by molar-refractivity contribution is 5.93. The van der Waals surface area contributed by atoms with Crippen LogP contribution in [0.3, 0.4) is 0 Å². The molecule has 1 aromatic carbocycles. The van der Waals surface area contributed by atoms with E-state index in [1.54, 1.807) is 19.9 Å². The van der Waals surface area contributed by atoms with Crippen molar-refractivity contribution in [2.75, 3.05) is 18.5 Å². The maximum atomic E-state index is 13.1. The fourth-order valence-corrected chi connectivity index (χ4v) is 5.43. The van der Waals surface area contributed by atoms with Crippen LogP contribution in [0.2, 0.25) is 0 Å². The molecular formula is C34H53N3O11. The highest BCUT2D eigenvalue weighted by Gasteiger charge is 2.45. The van der Waals surface area contributed by atoms with Crippen molar-refractivity contribution in [3.63, 3.8) is 0 Å². The van der Waals surface area contributed by atoms with Gasteiger partial charge in [-0.15, -0.1) is 0 Å². The number of allylic oxidation sites excluding steroid dienone is 1. The van der Waals surface area contributed by atoms with Crippen molar-refractivity contribution < 1.29 is 53.8 Å². The van der Waals surface area contributed by atoms with Crippen molar-refractivity contribution in [1.29, 1.82) is 0 Å². The molecule has 0 bridgehead atoms. The van der Waals surface area contributed by atoms with Gasteiger partial charge in [-0.05, 0) is 44.0 Å². The summed E-state index contributed by atoms with van der Waals surface area (Å²) in [5.41, 5.74) is -0.705. The van der Waals surface area contributed by atoms with E-state index in [1.165, 1.54) is 37.0 Å². The van der Waals surface area contributed by atoms with Crippen LogP contribution in [-0.2, 0) is 35.3 Å². The molecule has 0 radical (unpaired) electrons. The summed E-state index contributed by atoms with van der Waals surface area (Å²) < 4.78 is 16.2. The molecule has 270 valence electrons. The normalized spacial score (nSPS) is 20.7. The van der Waals surface area contributed by atoms with Gasteiger partial charge in [-0.1, -0.05) is 46.9 Å². The Balaban J connectivity index is 0.00000565. The molecule has 14 nitrogen and oxygen atoms in total. The van der Waals surface area contributed by atoms with Crippen LogP contribution in [-0.4, -0.2) is 98.4 Å². The van der Waals surface area contributed by atoms with Crippen LogP contribution in [0, 0.1) is 5.41 Å². The van der Waals surface area contributed by atoms with Crippen LogP contribution in [0.5, 0.6) is 5.75 Å². The standard InChI is InChI=1S/C32H47N3O11.C2H6/c1-9-18(2)35(19(3)37)32(7,8)17-31(5,6)30(43)33-13-12-25(39)34-22-14-21(16-44-20(4)38)10-11-23(22)45-29-28(42)27(41)26(40)24(15-36)46-29;1-2/h9-11,14,24,26-29,36,40-42H,1-2,12-13,15-17H2,3-8H3,(H,33,43)(H,34,39);1-2H3/t24-,26-,27+,28-,29?;/m1./s1. The van der Waals surface area contributed by atoms with Gasteiger partial charge in [0, 0.05) is 43.5 Å². The summed E-state index contributed by atoms with van der Waals surface area (Å²) in [6, 6.07) is 4.44. The molecule has 1 aliphatic heterocycles. The zero-order valence-corrected chi connectivity index (χ0v) is 29.2. The lowest BCUT2D eigenvalue weighted by molar-refractivity contribution is -0.277. The zero-order valence-electron chi connectivity index (χ0n) is 29.2. The van der Waals surface area contributed by atoms with Gasteiger partial charge >= 0.3 is 5.97 Å². The molecule has 5 atom stereocenters. The summed E-state index contributed by atoms with van der Waals surface area (Å²) >= 11 is 0. The number of aliphatic hydroxyl groups is 4. The largest absolute Gasteiger partial charge is 0.461 e. The summed E-state index contributed by atoms with van der Waals surface area (Å²) in [5.74, 6) is -1.61. The van der Waals surface area contributed by atoms with Crippen molar-refractivity contribution in [2.24, 2.45) is 5.41 Å². The quantitative estimate of drug-likeness (QED) is 0.117. The molecule has 1 aromatic rings. The smallest absolute Gasteiger partial charge is 0.302 e. The first kappa shape index (κ1) is 42.2. The number of rotatable bonds is 15. The molecule has 0 spiro atoms. The van der Waals surface area contributed by atoms with E-state index in [1.807, 2.05) is 27.7 Å². The Morgan fingerprint density at radius 2 is 1.67 bits per heavy atom. The second-order valence-corrected chi connectivity index (χ2v) is 12.4. The van der Waals surface area contributed by atoms with E-state index in [0.29, 0.717) is 11.3 Å². The molecule has 1 unspecified atom stereocenters. The van der Waals surface area contributed by atoms with Gasteiger partial charge in [-0.2, -0.15) is 0 Å².